The van der Waals surface area contributed by atoms with Crippen LogP contribution in [-0.4, -0.2) is 53.7 Å². The second-order valence-corrected chi connectivity index (χ2v) is 7.01. The molecule has 0 bridgehead atoms. The van der Waals surface area contributed by atoms with E-state index < -0.39 is 36.2 Å². The lowest BCUT2D eigenvalue weighted by molar-refractivity contribution is -0.355. The summed E-state index contributed by atoms with van der Waals surface area (Å²) in [6.07, 6.45) is 2.48. The van der Waals surface area contributed by atoms with Crippen molar-refractivity contribution in [1.82, 2.24) is 0 Å². The van der Waals surface area contributed by atoms with E-state index in [2.05, 4.69) is 0 Å². The van der Waals surface area contributed by atoms with Crippen molar-refractivity contribution < 1.29 is 38.7 Å². The summed E-state index contributed by atoms with van der Waals surface area (Å²) < 4.78 is 23.0. The lowest BCUT2D eigenvalue weighted by Crippen LogP contribution is -2.49. The summed E-state index contributed by atoms with van der Waals surface area (Å²) in [6.45, 7) is 10.00. The van der Waals surface area contributed by atoms with Crippen LogP contribution in [-0.2, 0) is 28.5 Å². The molecule has 0 amide bonds. The molecule has 2 N–H and O–H groups in total. The van der Waals surface area contributed by atoms with Crippen molar-refractivity contribution in [2.24, 2.45) is 5.92 Å². The number of ether oxygens (including phenoxy) is 4. The molecule has 0 saturated heterocycles. The highest BCUT2D eigenvalue weighted by Crippen LogP contribution is 2.32. The molecule has 3 atom stereocenters. The minimum Gasteiger partial charge on any atom is -0.481 e. The predicted octanol–water partition coefficient (Wildman–Crippen LogP) is 4.02. The van der Waals surface area contributed by atoms with Gasteiger partial charge in [-0.2, -0.15) is 0 Å². The topological polar surface area (TPSA) is 112 Å². The third kappa shape index (κ3) is 11.6. The lowest BCUT2D eigenvalue weighted by atomic mass is 9.93. The van der Waals surface area contributed by atoms with Crippen LogP contribution in [0.2, 0.25) is 0 Å². The van der Waals surface area contributed by atoms with Crippen LogP contribution < -0.4 is 0 Å². The molecule has 3 unspecified atom stereocenters. The molecule has 0 aliphatic heterocycles. The molecule has 0 radical (unpaired) electrons. The van der Waals surface area contributed by atoms with Gasteiger partial charge in [-0.15, -0.1) is 0 Å². The molecule has 0 rings (SSSR count). The van der Waals surface area contributed by atoms with Crippen molar-refractivity contribution in [3.63, 3.8) is 0 Å². The fourth-order valence-electron chi connectivity index (χ4n) is 2.77. The molecule has 0 aromatic rings. The third-order valence-electron chi connectivity index (χ3n) is 4.32. The number of hydrogen-bond donors (Lipinski definition) is 2. The maximum absolute atomic E-state index is 11.9. The zero-order chi connectivity index (χ0) is 21.6. The van der Waals surface area contributed by atoms with Crippen molar-refractivity contribution in [2.45, 2.75) is 97.9 Å². The Hall–Kier alpha value is -1.22. The van der Waals surface area contributed by atoms with E-state index in [1.54, 1.807) is 20.8 Å². The predicted molar refractivity (Wildman–Crippen MR) is 104 cm³/mol. The van der Waals surface area contributed by atoms with E-state index in [0.717, 1.165) is 25.7 Å². The first kappa shape index (κ1) is 26.8. The molecular weight excluding hydrogens is 368 g/mol. The quantitative estimate of drug-likeness (QED) is 0.259. The second kappa shape index (κ2) is 14.7. The van der Waals surface area contributed by atoms with Gasteiger partial charge in [0.05, 0.1) is 0 Å². The van der Waals surface area contributed by atoms with Gasteiger partial charge in [-0.3, -0.25) is 9.59 Å². The normalized spacial score (nSPS) is 16.9. The van der Waals surface area contributed by atoms with Gasteiger partial charge in [0.1, 0.15) is 5.92 Å². The number of unbranched alkanes of at least 4 members (excludes halogenated alkanes) is 2. The summed E-state index contributed by atoms with van der Waals surface area (Å²) in [5, 5.41) is 18.6. The van der Waals surface area contributed by atoms with Crippen LogP contribution in [0.3, 0.4) is 0 Å². The SMILES string of the molecule is CCCCOC(C)OC(C)(OC(C)OCCCC)C(CCCC(=O)O)C(=O)O. The molecule has 8 nitrogen and oxygen atoms in total. The van der Waals surface area contributed by atoms with Crippen LogP contribution in [0.4, 0.5) is 0 Å². The molecule has 0 aromatic carbocycles. The summed E-state index contributed by atoms with van der Waals surface area (Å²) in [5.74, 6) is -4.68. The summed E-state index contributed by atoms with van der Waals surface area (Å²) in [6, 6.07) is 0. The van der Waals surface area contributed by atoms with Crippen LogP contribution in [0.1, 0.15) is 79.6 Å². The van der Waals surface area contributed by atoms with E-state index in [1.165, 1.54) is 0 Å². The highest BCUT2D eigenvalue weighted by atomic mass is 16.8. The average Bonchev–Trinajstić information content (AvgIpc) is 2.58. The molecule has 28 heavy (non-hydrogen) atoms. The molecule has 0 spiro atoms. The van der Waals surface area contributed by atoms with Gasteiger partial charge in [-0.1, -0.05) is 26.7 Å². The molecule has 166 valence electrons. The molecule has 0 aliphatic rings. The fourth-order valence-corrected chi connectivity index (χ4v) is 2.77. The van der Waals surface area contributed by atoms with Gasteiger partial charge in [0, 0.05) is 19.6 Å². The van der Waals surface area contributed by atoms with E-state index in [9.17, 15) is 14.7 Å². The van der Waals surface area contributed by atoms with Crippen LogP contribution >= 0.6 is 0 Å². The summed E-state index contributed by atoms with van der Waals surface area (Å²) >= 11 is 0. The number of carboxylic acid groups (broad SMARTS) is 2. The van der Waals surface area contributed by atoms with Crippen molar-refractivity contribution in [1.29, 1.82) is 0 Å². The van der Waals surface area contributed by atoms with Gasteiger partial charge in [-0.25, -0.2) is 0 Å². The average molecular weight is 407 g/mol. The summed E-state index contributed by atoms with van der Waals surface area (Å²) in [7, 11) is 0. The highest BCUT2D eigenvalue weighted by Gasteiger charge is 2.44. The first-order valence-corrected chi connectivity index (χ1v) is 10.2. The molecule has 8 heteroatoms. The lowest BCUT2D eigenvalue weighted by Gasteiger charge is -2.38. The monoisotopic (exact) mass is 406 g/mol. The summed E-state index contributed by atoms with van der Waals surface area (Å²) in [4.78, 5) is 22.7. The van der Waals surface area contributed by atoms with E-state index in [1.807, 2.05) is 13.8 Å². The molecular formula is C20H38O8. The molecule has 0 fully saturated rings. The Morgan fingerprint density at radius 3 is 1.71 bits per heavy atom. The van der Waals surface area contributed by atoms with E-state index >= 15 is 0 Å². The Bertz CT molecular complexity index is 422. The van der Waals surface area contributed by atoms with Crippen molar-refractivity contribution in [3.8, 4) is 0 Å². The maximum atomic E-state index is 11.9. The van der Waals surface area contributed by atoms with Crippen molar-refractivity contribution in [2.75, 3.05) is 13.2 Å². The van der Waals surface area contributed by atoms with E-state index in [0.29, 0.717) is 13.2 Å². The van der Waals surface area contributed by atoms with E-state index in [4.69, 9.17) is 24.1 Å². The third-order valence-corrected chi connectivity index (χ3v) is 4.32. The summed E-state index contributed by atoms with van der Waals surface area (Å²) in [5.41, 5.74) is 0. The maximum Gasteiger partial charge on any atom is 0.311 e. The van der Waals surface area contributed by atoms with Gasteiger partial charge in [0.15, 0.2) is 18.4 Å². The molecule has 0 aliphatic carbocycles. The van der Waals surface area contributed by atoms with E-state index in [-0.39, 0.29) is 19.3 Å². The van der Waals surface area contributed by atoms with Crippen LogP contribution in [0.25, 0.3) is 0 Å². The minimum absolute atomic E-state index is 0.0987. The van der Waals surface area contributed by atoms with Crippen LogP contribution in [0.5, 0.6) is 0 Å². The number of rotatable bonds is 18. The highest BCUT2D eigenvalue weighted by molar-refractivity contribution is 5.71. The van der Waals surface area contributed by atoms with Crippen molar-refractivity contribution in [3.05, 3.63) is 0 Å². The number of aliphatic carboxylic acids is 2. The Morgan fingerprint density at radius 2 is 1.36 bits per heavy atom. The fraction of sp³-hybridized carbons (Fsp3) is 0.900. The minimum atomic E-state index is -1.53. The first-order valence-electron chi connectivity index (χ1n) is 10.2. The van der Waals surface area contributed by atoms with Gasteiger partial charge in [0.25, 0.3) is 0 Å². The van der Waals surface area contributed by atoms with Crippen LogP contribution in [0, 0.1) is 5.92 Å². The number of carbonyl (C=O) groups is 2. The zero-order valence-corrected chi connectivity index (χ0v) is 17.9. The molecule has 0 heterocycles. The second-order valence-electron chi connectivity index (χ2n) is 7.01. The van der Waals surface area contributed by atoms with Gasteiger partial charge >= 0.3 is 11.9 Å². The van der Waals surface area contributed by atoms with Gasteiger partial charge < -0.3 is 29.2 Å². The van der Waals surface area contributed by atoms with Crippen LogP contribution in [0.15, 0.2) is 0 Å². The Kier molecular flexibility index (Phi) is 14.1. The van der Waals surface area contributed by atoms with Crippen molar-refractivity contribution >= 4 is 11.9 Å². The standard InChI is InChI=1S/C20H38O8/c1-6-8-13-25-15(3)27-20(5,28-16(4)26-14-9-7-2)17(19(23)24)11-10-12-18(21)22/h15-17H,6-14H2,1-5H3,(H,21,22)(H,23,24). The zero-order valence-electron chi connectivity index (χ0n) is 17.9. The van der Waals surface area contributed by atoms with Gasteiger partial charge in [0.2, 0.25) is 0 Å². The van der Waals surface area contributed by atoms with Gasteiger partial charge in [-0.05, 0) is 46.5 Å². The Labute approximate surface area is 168 Å². The Morgan fingerprint density at radius 1 is 0.893 bits per heavy atom. The smallest absolute Gasteiger partial charge is 0.311 e. The molecule has 0 aromatic heterocycles. The number of carboxylic acids is 2. The molecule has 0 saturated carbocycles. The number of hydrogen-bond acceptors (Lipinski definition) is 6. The largest absolute Gasteiger partial charge is 0.481 e. The Balaban J connectivity index is 5.21. The first-order chi connectivity index (χ1) is 13.2.